The number of nitrogens with zero attached hydrogens (tertiary/aromatic N) is 1. The summed E-state index contributed by atoms with van der Waals surface area (Å²) in [6.45, 7) is 0. The van der Waals surface area contributed by atoms with E-state index in [0.29, 0.717) is 17.1 Å². The third-order valence-electron chi connectivity index (χ3n) is 3.51. The highest BCUT2D eigenvalue weighted by Gasteiger charge is 2.13. The average Bonchev–Trinajstić information content (AvgIpc) is 3.07. The van der Waals surface area contributed by atoms with Gasteiger partial charge in [0.25, 0.3) is 5.91 Å². The first-order chi connectivity index (χ1) is 12.0. The first-order valence-corrected chi connectivity index (χ1v) is 8.68. The number of anilines is 1. The van der Waals surface area contributed by atoms with E-state index in [1.165, 1.54) is 23.5 Å². The van der Waals surface area contributed by atoms with Crippen LogP contribution in [0.3, 0.4) is 0 Å². The van der Waals surface area contributed by atoms with Gasteiger partial charge in [-0.3, -0.25) is 4.79 Å². The molecule has 1 aromatic heterocycles. The predicted molar refractivity (Wildman–Crippen MR) is 99.0 cm³/mol. The quantitative estimate of drug-likeness (QED) is 0.651. The van der Waals surface area contributed by atoms with Gasteiger partial charge < -0.3 is 15.2 Å². The lowest BCUT2D eigenvalue weighted by Gasteiger charge is -2.06. The second kappa shape index (κ2) is 7.55. The molecule has 0 aliphatic rings. The summed E-state index contributed by atoms with van der Waals surface area (Å²) in [4.78, 5) is 16.6. The molecule has 0 saturated heterocycles. The minimum absolute atomic E-state index is 0.0496. The molecular formula is C18H15ClN2O3S. The lowest BCUT2D eigenvalue weighted by molar-refractivity contribution is 0.102. The zero-order chi connectivity index (χ0) is 17.8. The number of benzene rings is 2. The first-order valence-electron chi connectivity index (χ1n) is 7.42. The Labute approximate surface area is 153 Å². The van der Waals surface area contributed by atoms with Crippen LogP contribution >= 0.6 is 22.9 Å². The second-order valence-electron chi connectivity index (χ2n) is 5.27. The van der Waals surface area contributed by atoms with Crippen LogP contribution in [-0.4, -0.2) is 23.1 Å². The molecule has 128 valence electrons. The number of aromatic hydroxyl groups is 1. The Kier molecular flexibility index (Phi) is 5.21. The molecule has 0 aliphatic carbocycles. The summed E-state index contributed by atoms with van der Waals surface area (Å²) in [5, 5.41) is 15.3. The van der Waals surface area contributed by atoms with Gasteiger partial charge in [-0.05, 0) is 35.9 Å². The summed E-state index contributed by atoms with van der Waals surface area (Å²) in [5.74, 6) is 0.352. The van der Waals surface area contributed by atoms with Gasteiger partial charge in [0.15, 0.2) is 0 Å². The minimum atomic E-state index is -0.394. The molecule has 0 unspecified atom stereocenters. The number of hydrogen-bond donors (Lipinski definition) is 2. The number of rotatable bonds is 5. The maximum Gasteiger partial charge on any atom is 0.275 e. The van der Waals surface area contributed by atoms with Crippen molar-refractivity contribution in [2.75, 3.05) is 12.4 Å². The molecule has 25 heavy (non-hydrogen) atoms. The standard InChI is InChI=1S/C18H15ClN2O3S/c1-24-13-5-2-11(3-6-13)8-17-20-15(10-25-17)18(23)21-14-9-12(19)4-7-16(14)22/h2-7,9-10,22H,8H2,1H3,(H,21,23). The Morgan fingerprint density at radius 1 is 1.28 bits per heavy atom. The van der Waals surface area contributed by atoms with Gasteiger partial charge in [0.05, 0.1) is 17.8 Å². The number of nitrogens with one attached hydrogen (secondary N) is 1. The van der Waals surface area contributed by atoms with Gasteiger partial charge in [-0.15, -0.1) is 11.3 Å². The van der Waals surface area contributed by atoms with E-state index >= 15 is 0 Å². The third kappa shape index (κ3) is 4.29. The highest BCUT2D eigenvalue weighted by atomic mass is 35.5. The maximum absolute atomic E-state index is 12.3. The van der Waals surface area contributed by atoms with Gasteiger partial charge >= 0.3 is 0 Å². The molecule has 0 fully saturated rings. The molecule has 0 spiro atoms. The van der Waals surface area contributed by atoms with E-state index in [2.05, 4.69) is 10.3 Å². The number of phenols is 1. The van der Waals surface area contributed by atoms with Crippen molar-refractivity contribution < 1.29 is 14.6 Å². The number of hydrogen-bond acceptors (Lipinski definition) is 5. The topological polar surface area (TPSA) is 71.5 Å². The van der Waals surface area contributed by atoms with Crippen LogP contribution in [0.1, 0.15) is 21.1 Å². The van der Waals surface area contributed by atoms with Crippen molar-refractivity contribution in [2.24, 2.45) is 0 Å². The van der Waals surface area contributed by atoms with Gasteiger partial charge in [-0.25, -0.2) is 4.98 Å². The van der Waals surface area contributed by atoms with Crippen LogP contribution in [0.2, 0.25) is 5.02 Å². The van der Waals surface area contributed by atoms with E-state index in [4.69, 9.17) is 16.3 Å². The number of methoxy groups -OCH3 is 1. The largest absolute Gasteiger partial charge is 0.506 e. The molecule has 3 aromatic rings. The molecule has 0 bridgehead atoms. The first kappa shape index (κ1) is 17.3. The van der Waals surface area contributed by atoms with Gasteiger partial charge in [-0.1, -0.05) is 23.7 Å². The Morgan fingerprint density at radius 3 is 2.76 bits per heavy atom. The van der Waals surface area contributed by atoms with Crippen molar-refractivity contribution in [3.05, 3.63) is 69.1 Å². The molecule has 0 aliphatic heterocycles. The smallest absolute Gasteiger partial charge is 0.275 e. The number of carbonyl (C=O) groups is 1. The molecule has 7 heteroatoms. The van der Waals surface area contributed by atoms with Crippen LogP contribution in [0, 0.1) is 0 Å². The summed E-state index contributed by atoms with van der Waals surface area (Å²) < 4.78 is 5.13. The molecule has 0 saturated carbocycles. The zero-order valence-corrected chi connectivity index (χ0v) is 14.9. The normalized spacial score (nSPS) is 10.5. The van der Waals surface area contributed by atoms with Gasteiger partial charge in [0, 0.05) is 16.8 Å². The van der Waals surface area contributed by atoms with E-state index in [9.17, 15) is 9.90 Å². The van der Waals surface area contributed by atoms with E-state index in [1.807, 2.05) is 24.3 Å². The number of aromatic nitrogens is 1. The number of carbonyl (C=O) groups excluding carboxylic acids is 1. The molecule has 1 heterocycles. The Morgan fingerprint density at radius 2 is 2.04 bits per heavy atom. The lowest BCUT2D eigenvalue weighted by atomic mass is 10.1. The molecule has 1 amide bonds. The fourth-order valence-electron chi connectivity index (χ4n) is 2.21. The number of halogens is 1. The van der Waals surface area contributed by atoms with Gasteiger partial charge in [0.1, 0.15) is 17.2 Å². The zero-order valence-electron chi connectivity index (χ0n) is 13.3. The second-order valence-corrected chi connectivity index (χ2v) is 6.65. The van der Waals surface area contributed by atoms with Crippen LogP contribution in [0.25, 0.3) is 0 Å². The summed E-state index contributed by atoms with van der Waals surface area (Å²) >= 11 is 7.29. The van der Waals surface area contributed by atoms with E-state index in [0.717, 1.165) is 16.3 Å². The lowest BCUT2D eigenvalue weighted by Crippen LogP contribution is -2.12. The van der Waals surface area contributed by atoms with Crippen LogP contribution < -0.4 is 10.1 Å². The van der Waals surface area contributed by atoms with Crippen molar-refractivity contribution in [1.29, 1.82) is 0 Å². The third-order valence-corrected chi connectivity index (χ3v) is 4.59. The van der Waals surface area contributed by atoms with Gasteiger partial charge in [0.2, 0.25) is 0 Å². The van der Waals surface area contributed by atoms with Crippen molar-refractivity contribution in [2.45, 2.75) is 6.42 Å². The van der Waals surface area contributed by atoms with Crippen LogP contribution in [0.4, 0.5) is 5.69 Å². The number of amides is 1. The van der Waals surface area contributed by atoms with Crippen LogP contribution in [0.5, 0.6) is 11.5 Å². The van der Waals surface area contributed by atoms with E-state index in [-0.39, 0.29) is 11.4 Å². The summed E-state index contributed by atoms with van der Waals surface area (Å²) in [6, 6.07) is 12.2. The molecule has 3 rings (SSSR count). The predicted octanol–water partition coefficient (Wildman–Crippen LogP) is 4.35. The monoisotopic (exact) mass is 374 g/mol. The number of ether oxygens (including phenoxy) is 1. The van der Waals surface area contributed by atoms with E-state index in [1.54, 1.807) is 18.6 Å². The summed E-state index contributed by atoms with van der Waals surface area (Å²) in [7, 11) is 1.62. The van der Waals surface area contributed by atoms with Crippen molar-refractivity contribution in [1.82, 2.24) is 4.98 Å². The molecule has 0 radical (unpaired) electrons. The molecule has 0 atom stereocenters. The molecule has 2 aromatic carbocycles. The van der Waals surface area contributed by atoms with Crippen LogP contribution in [-0.2, 0) is 6.42 Å². The highest BCUT2D eigenvalue weighted by molar-refractivity contribution is 7.09. The maximum atomic E-state index is 12.3. The van der Waals surface area contributed by atoms with Crippen molar-refractivity contribution in [3.63, 3.8) is 0 Å². The van der Waals surface area contributed by atoms with Crippen LogP contribution in [0.15, 0.2) is 47.8 Å². The van der Waals surface area contributed by atoms with E-state index < -0.39 is 5.91 Å². The SMILES string of the molecule is COc1ccc(Cc2nc(C(=O)Nc3cc(Cl)ccc3O)cs2)cc1. The van der Waals surface area contributed by atoms with Crippen molar-refractivity contribution >= 4 is 34.5 Å². The fraction of sp³-hybridized carbons (Fsp3) is 0.111. The minimum Gasteiger partial charge on any atom is -0.506 e. The Balaban J connectivity index is 1.69. The molecular weight excluding hydrogens is 360 g/mol. The molecule has 5 nitrogen and oxygen atoms in total. The molecule has 2 N–H and O–H groups in total. The average molecular weight is 375 g/mol. The number of thiazole rings is 1. The Hall–Kier alpha value is -2.57. The number of phenolic OH excluding ortho intramolecular Hbond substituents is 1. The van der Waals surface area contributed by atoms with Gasteiger partial charge in [-0.2, -0.15) is 0 Å². The fourth-order valence-corrected chi connectivity index (χ4v) is 3.19. The summed E-state index contributed by atoms with van der Waals surface area (Å²) in [5.41, 5.74) is 1.63. The van der Waals surface area contributed by atoms with Crippen molar-refractivity contribution in [3.8, 4) is 11.5 Å². The highest BCUT2D eigenvalue weighted by Crippen LogP contribution is 2.27. The summed E-state index contributed by atoms with van der Waals surface area (Å²) in [6.07, 6.45) is 0.629. The Bertz CT molecular complexity index is 894.